The summed E-state index contributed by atoms with van der Waals surface area (Å²) in [4.78, 5) is 28.8. The molecule has 3 aromatic carbocycles. The first-order valence-corrected chi connectivity index (χ1v) is 11.8. The SMILES string of the molecule is COc1ccc2ccccc2c1/C=N/NC(=O)C(Cc1c[nH]c2ccccc12)NC(=O)OCC(C)C. The molecule has 186 valence electrons. The van der Waals surface area contributed by atoms with Crippen LogP contribution in [0.4, 0.5) is 4.79 Å². The van der Waals surface area contributed by atoms with E-state index in [0.29, 0.717) is 5.75 Å². The van der Waals surface area contributed by atoms with Gasteiger partial charge < -0.3 is 19.8 Å². The number of nitrogens with zero attached hydrogens (tertiary/aromatic N) is 1. The molecular formula is C28H30N4O4. The predicted octanol–water partition coefficient (Wildman–Crippen LogP) is 4.77. The summed E-state index contributed by atoms with van der Waals surface area (Å²) in [5.74, 6) is 0.353. The second kappa shape index (κ2) is 11.4. The normalized spacial score (nSPS) is 12.2. The van der Waals surface area contributed by atoms with Crippen molar-refractivity contribution in [2.45, 2.75) is 26.3 Å². The van der Waals surface area contributed by atoms with Gasteiger partial charge in [0.05, 0.1) is 19.9 Å². The fraction of sp³-hybridized carbons (Fsp3) is 0.250. The first-order chi connectivity index (χ1) is 17.5. The van der Waals surface area contributed by atoms with Crippen LogP contribution in [-0.4, -0.2) is 43.0 Å². The number of alkyl carbamates (subject to hydrolysis) is 1. The second-order valence-corrected chi connectivity index (χ2v) is 8.89. The van der Waals surface area contributed by atoms with E-state index in [0.717, 1.165) is 32.8 Å². The van der Waals surface area contributed by atoms with Crippen LogP contribution in [0.1, 0.15) is 25.0 Å². The quantitative estimate of drug-likeness (QED) is 0.234. The Morgan fingerprint density at radius 2 is 1.78 bits per heavy atom. The number of carbonyl (C=O) groups is 2. The molecule has 1 atom stereocenters. The zero-order valence-electron chi connectivity index (χ0n) is 20.6. The van der Waals surface area contributed by atoms with E-state index < -0.39 is 18.0 Å². The third-order valence-electron chi connectivity index (χ3n) is 5.77. The van der Waals surface area contributed by atoms with Crippen LogP contribution in [0.3, 0.4) is 0 Å². The summed E-state index contributed by atoms with van der Waals surface area (Å²) in [5, 5.41) is 9.83. The minimum absolute atomic E-state index is 0.178. The number of hydrazone groups is 1. The molecule has 1 aromatic heterocycles. The van der Waals surface area contributed by atoms with Crippen molar-refractivity contribution in [2.75, 3.05) is 13.7 Å². The van der Waals surface area contributed by atoms with Gasteiger partial charge in [-0.3, -0.25) is 4.79 Å². The van der Waals surface area contributed by atoms with Crippen molar-refractivity contribution in [3.63, 3.8) is 0 Å². The van der Waals surface area contributed by atoms with E-state index in [9.17, 15) is 9.59 Å². The molecule has 1 heterocycles. The highest BCUT2D eigenvalue weighted by atomic mass is 16.5. The number of fused-ring (bicyclic) bond motifs is 2. The highest BCUT2D eigenvalue weighted by Gasteiger charge is 2.23. The number of amides is 2. The van der Waals surface area contributed by atoms with E-state index in [4.69, 9.17) is 9.47 Å². The number of nitrogens with one attached hydrogen (secondary N) is 3. The van der Waals surface area contributed by atoms with Gasteiger partial charge in [0, 0.05) is 29.1 Å². The number of hydrogen-bond donors (Lipinski definition) is 3. The Balaban J connectivity index is 1.54. The highest BCUT2D eigenvalue weighted by molar-refractivity contribution is 6.02. The molecule has 8 heteroatoms. The number of para-hydroxylation sites is 1. The standard InChI is InChI=1S/C28H30N4O4/c1-18(2)17-36-28(34)31-25(14-20-15-29-24-11-7-6-10-22(20)24)27(33)32-30-16-23-21-9-5-4-8-19(21)12-13-26(23)35-3/h4-13,15-16,18,25,29H,14,17H2,1-3H3,(H,31,34)(H,32,33)/b30-16+. The zero-order chi connectivity index (χ0) is 25.5. The summed E-state index contributed by atoms with van der Waals surface area (Å²) < 4.78 is 10.7. The van der Waals surface area contributed by atoms with Crippen LogP contribution in [0.15, 0.2) is 72.0 Å². The van der Waals surface area contributed by atoms with Gasteiger partial charge in [0.15, 0.2) is 0 Å². The molecular weight excluding hydrogens is 456 g/mol. The smallest absolute Gasteiger partial charge is 0.407 e. The van der Waals surface area contributed by atoms with Crippen LogP contribution in [0, 0.1) is 5.92 Å². The molecule has 4 aromatic rings. The predicted molar refractivity (Wildman–Crippen MR) is 141 cm³/mol. The summed E-state index contributed by atoms with van der Waals surface area (Å²) >= 11 is 0. The lowest BCUT2D eigenvalue weighted by Gasteiger charge is -2.17. The molecule has 0 aliphatic heterocycles. The Kier molecular flexibility index (Phi) is 7.85. The molecule has 0 aliphatic carbocycles. The summed E-state index contributed by atoms with van der Waals surface area (Å²) in [5.41, 5.74) is 5.17. The third-order valence-corrected chi connectivity index (χ3v) is 5.77. The first-order valence-electron chi connectivity index (χ1n) is 11.8. The van der Waals surface area contributed by atoms with E-state index in [1.807, 2.05) is 80.7 Å². The van der Waals surface area contributed by atoms with Gasteiger partial charge in [-0.2, -0.15) is 5.10 Å². The fourth-order valence-electron chi connectivity index (χ4n) is 3.98. The number of carbonyl (C=O) groups excluding carboxylic acids is 2. The number of rotatable bonds is 9. The highest BCUT2D eigenvalue weighted by Crippen LogP contribution is 2.26. The maximum Gasteiger partial charge on any atom is 0.407 e. The molecule has 2 amide bonds. The Labute approximate surface area is 209 Å². The van der Waals surface area contributed by atoms with Gasteiger partial charge in [-0.1, -0.05) is 62.4 Å². The monoisotopic (exact) mass is 486 g/mol. The number of methoxy groups -OCH3 is 1. The van der Waals surface area contributed by atoms with Crippen molar-refractivity contribution in [2.24, 2.45) is 11.0 Å². The van der Waals surface area contributed by atoms with Crippen molar-refractivity contribution < 1.29 is 19.1 Å². The lowest BCUT2D eigenvalue weighted by atomic mass is 10.0. The van der Waals surface area contributed by atoms with Gasteiger partial charge in [0.1, 0.15) is 11.8 Å². The molecule has 3 N–H and O–H groups in total. The molecule has 0 saturated heterocycles. The maximum absolute atomic E-state index is 13.2. The number of ether oxygens (including phenoxy) is 2. The Hall–Kier alpha value is -4.33. The average Bonchev–Trinajstić information content (AvgIpc) is 3.29. The molecule has 8 nitrogen and oxygen atoms in total. The summed E-state index contributed by atoms with van der Waals surface area (Å²) in [6.45, 7) is 4.14. The average molecular weight is 487 g/mol. The number of H-pyrrole nitrogens is 1. The van der Waals surface area contributed by atoms with E-state index in [-0.39, 0.29) is 18.9 Å². The van der Waals surface area contributed by atoms with E-state index in [1.54, 1.807) is 13.3 Å². The molecule has 36 heavy (non-hydrogen) atoms. The molecule has 4 rings (SSSR count). The van der Waals surface area contributed by atoms with Crippen molar-refractivity contribution in [3.8, 4) is 5.75 Å². The third kappa shape index (κ3) is 5.83. The van der Waals surface area contributed by atoms with Crippen LogP contribution in [-0.2, 0) is 16.0 Å². The molecule has 0 spiro atoms. The largest absolute Gasteiger partial charge is 0.496 e. The van der Waals surface area contributed by atoms with Gasteiger partial charge in [0.2, 0.25) is 0 Å². The molecule has 0 aliphatic rings. The van der Waals surface area contributed by atoms with Crippen LogP contribution >= 0.6 is 0 Å². The van der Waals surface area contributed by atoms with Gasteiger partial charge in [-0.05, 0) is 34.4 Å². The summed E-state index contributed by atoms with van der Waals surface area (Å²) in [6.07, 6.45) is 3.01. The van der Waals surface area contributed by atoms with E-state index >= 15 is 0 Å². The van der Waals surface area contributed by atoms with Crippen LogP contribution in [0.5, 0.6) is 5.75 Å². The molecule has 0 saturated carbocycles. The number of aromatic amines is 1. The van der Waals surface area contributed by atoms with Gasteiger partial charge in [-0.15, -0.1) is 0 Å². The lowest BCUT2D eigenvalue weighted by Crippen LogP contribution is -2.47. The van der Waals surface area contributed by atoms with E-state index in [2.05, 4.69) is 20.8 Å². The Morgan fingerprint density at radius 3 is 2.56 bits per heavy atom. The Bertz CT molecular complexity index is 1390. The molecule has 0 fully saturated rings. The second-order valence-electron chi connectivity index (χ2n) is 8.89. The van der Waals surface area contributed by atoms with Crippen molar-refractivity contribution >= 4 is 39.9 Å². The minimum atomic E-state index is -0.893. The lowest BCUT2D eigenvalue weighted by molar-refractivity contribution is -0.123. The molecule has 0 bridgehead atoms. The van der Waals surface area contributed by atoms with Gasteiger partial charge >= 0.3 is 6.09 Å². The Morgan fingerprint density at radius 1 is 1.03 bits per heavy atom. The number of aromatic nitrogens is 1. The summed E-state index contributed by atoms with van der Waals surface area (Å²) in [7, 11) is 1.59. The van der Waals surface area contributed by atoms with Crippen molar-refractivity contribution in [3.05, 3.63) is 78.0 Å². The molecule has 0 radical (unpaired) electrons. The number of hydrogen-bond acceptors (Lipinski definition) is 5. The molecule has 1 unspecified atom stereocenters. The zero-order valence-corrected chi connectivity index (χ0v) is 20.6. The minimum Gasteiger partial charge on any atom is -0.496 e. The van der Waals surface area contributed by atoms with Crippen LogP contribution in [0.25, 0.3) is 21.7 Å². The number of benzene rings is 3. The van der Waals surface area contributed by atoms with Gasteiger partial charge in [-0.25, -0.2) is 10.2 Å². The van der Waals surface area contributed by atoms with Crippen LogP contribution in [0.2, 0.25) is 0 Å². The van der Waals surface area contributed by atoms with Gasteiger partial charge in [0.25, 0.3) is 5.91 Å². The van der Waals surface area contributed by atoms with Crippen molar-refractivity contribution in [1.82, 2.24) is 15.7 Å². The first kappa shape index (κ1) is 24.8. The van der Waals surface area contributed by atoms with Crippen molar-refractivity contribution in [1.29, 1.82) is 0 Å². The summed E-state index contributed by atoms with van der Waals surface area (Å²) in [6, 6.07) is 18.6. The van der Waals surface area contributed by atoms with E-state index in [1.165, 1.54) is 0 Å². The fourth-order valence-corrected chi connectivity index (χ4v) is 3.98. The van der Waals surface area contributed by atoms with Crippen LogP contribution < -0.4 is 15.5 Å². The maximum atomic E-state index is 13.2. The topological polar surface area (TPSA) is 105 Å².